The highest BCUT2D eigenvalue weighted by Gasteiger charge is 2.15. The van der Waals surface area contributed by atoms with Crippen molar-refractivity contribution in [1.29, 1.82) is 0 Å². The Kier molecular flexibility index (Phi) is 5.59. The molecule has 98 valence electrons. The van der Waals surface area contributed by atoms with Gasteiger partial charge in [-0.15, -0.1) is 11.3 Å². The van der Waals surface area contributed by atoms with Crippen molar-refractivity contribution in [3.63, 3.8) is 0 Å². The van der Waals surface area contributed by atoms with Crippen molar-refractivity contribution in [3.05, 3.63) is 21.9 Å². The molecule has 0 saturated heterocycles. The molecule has 0 atom stereocenters. The smallest absolute Gasteiger partial charge is 0.169 e. The summed E-state index contributed by atoms with van der Waals surface area (Å²) in [5, 5.41) is 3.33. The first-order valence-corrected chi connectivity index (χ1v) is 6.64. The van der Waals surface area contributed by atoms with Gasteiger partial charge in [0.05, 0.1) is 0 Å². The number of nitrogens with one attached hydrogen (secondary N) is 1. The Morgan fingerprint density at radius 3 is 2.35 bits per heavy atom. The van der Waals surface area contributed by atoms with Crippen molar-refractivity contribution < 1.29 is 9.47 Å². The zero-order valence-electron chi connectivity index (χ0n) is 11.4. The predicted octanol–water partition coefficient (Wildman–Crippen LogP) is 2.75. The Morgan fingerprint density at radius 2 is 1.88 bits per heavy atom. The minimum Gasteiger partial charge on any atom is -0.355 e. The van der Waals surface area contributed by atoms with Crippen molar-refractivity contribution in [2.24, 2.45) is 0 Å². The van der Waals surface area contributed by atoms with Crippen molar-refractivity contribution in [2.75, 3.05) is 20.8 Å². The highest BCUT2D eigenvalue weighted by Crippen LogP contribution is 2.29. The average molecular weight is 257 g/mol. The van der Waals surface area contributed by atoms with Gasteiger partial charge >= 0.3 is 0 Å². The Bertz CT molecular complexity index is 326. The van der Waals surface area contributed by atoms with Crippen LogP contribution in [0.25, 0.3) is 0 Å². The van der Waals surface area contributed by atoms with Gasteiger partial charge in [0.25, 0.3) is 0 Å². The van der Waals surface area contributed by atoms with E-state index in [9.17, 15) is 0 Å². The summed E-state index contributed by atoms with van der Waals surface area (Å²) in [6.07, 6.45) is -0.169. The fraction of sp³-hybridized carbons (Fsp3) is 0.692. The van der Waals surface area contributed by atoms with Crippen LogP contribution in [0.1, 0.15) is 30.5 Å². The summed E-state index contributed by atoms with van der Waals surface area (Å²) < 4.78 is 10.2. The third kappa shape index (κ3) is 4.76. The molecule has 0 aliphatic rings. The quantitative estimate of drug-likeness (QED) is 0.795. The lowest BCUT2D eigenvalue weighted by molar-refractivity contribution is -0.0988. The molecule has 0 aromatic carbocycles. The number of thiophene rings is 1. The maximum absolute atomic E-state index is 5.12. The number of ether oxygens (including phenoxy) is 2. The minimum atomic E-state index is -0.169. The molecule has 1 rings (SSSR count). The zero-order chi connectivity index (χ0) is 12.9. The molecule has 1 aromatic rings. The fourth-order valence-corrected chi connectivity index (χ4v) is 2.49. The Hall–Kier alpha value is -0.420. The number of rotatable bonds is 6. The Morgan fingerprint density at radius 1 is 1.24 bits per heavy atom. The van der Waals surface area contributed by atoms with Gasteiger partial charge in [0, 0.05) is 37.1 Å². The molecule has 3 nitrogen and oxygen atoms in total. The minimum absolute atomic E-state index is 0.169. The summed E-state index contributed by atoms with van der Waals surface area (Å²) in [5.74, 6) is 0. The van der Waals surface area contributed by atoms with Crippen molar-refractivity contribution in [2.45, 2.75) is 39.0 Å². The molecule has 1 aromatic heterocycles. The maximum atomic E-state index is 5.12. The standard InChI is InChI=1S/C13H23NO2S/c1-13(2,3)11-7-6-10(17-11)8-14-9-12(15-4)16-5/h6-7,12,14H,8-9H2,1-5H3. The SMILES string of the molecule is COC(CNCc1ccc(C(C)(C)C)s1)OC. The molecule has 0 saturated carbocycles. The van der Waals surface area contributed by atoms with Gasteiger partial charge in [-0.25, -0.2) is 0 Å². The topological polar surface area (TPSA) is 30.5 Å². The van der Waals surface area contributed by atoms with Gasteiger partial charge in [-0.05, 0) is 17.5 Å². The highest BCUT2D eigenvalue weighted by molar-refractivity contribution is 7.12. The molecule has 4 heteroatoms. The molecule has 1 heterocycles. The molecule has 1 N–H and O–H groups in total. The monoisotopic (exact) mass is 257 g/mol. The molecule has 0 aliphatic carbocycles. The molecule has 0 amide bonds. The second kappa shape index (κ2) is 6.50. The summed E-state index contributed by atoms with van der Waals surface area (Å²) in [6, 6.07) is 4.40. The van der Waals surface area contributed by atoms with E-state index in [1.165, 1.54) is 9.75 Å². The average Bonchev–Trinajstić information content (AvgIpc) is 2.73. The highest BCUT2D eigenvalue weighted by atomic mass is 32.1. The molecule has 0 radical (unpaired) electrons. The molecular weight excluding hydrogens is 234 g/mol. The van der Waals surface area contributed by atoms with Crippen molar-refractivity contribution in [1.82, 2.24) is 5.32 Å². The summed E-state index contributed by atoms with van der Waals surface area (Å²) in [7, 11) is 3.30. The third-order valence-electron chi connectivity index (χ3n) is 2.54. The van der Waals surface area contributed by atoms with Crippen LogP contribution in [0, 0.1) is 0 Å². The largest absolute Gasteiger partial charge is 0.355 e. The first-order valence-electron chi connectivity index (χ1n) is 5.83. The van der Waals surface area contributed by atoms with E-state index in [-0.39, 0.29) is 11.7 Å². The van der Waals surface area contributed by atoms with Crippen LogP contribution >= 0.6 is 11.3 Å². The molecule has 0 unspecified atom stereocenters. The fourth-order valence-electron chi connectivity index (χ4n) is 1.45. The first-order chi connectivity index (χ1) is 7.97. The Balaban J connectivity index is 2.40. The maximum Gasteiger partial charge on any atom is 0.169 e. The second-order valence-electron chi connectivity index (χ2n) is 5.05. The van der Waals surface area contributed by atoms with Gasteiger partial charge in [-0.3, -0.25) is 0 Å². The number of methoxy groups -OCH3 is 2. The van der Waals surface area contributed by atoms with Crippen LogP contribution < -0.4 is 5.32 Å². The van der Waals surface area contributed by atoms with E-state index in [0.29, 0.717) is 6.54 Å². The van der Waals surface area contributed by atoms with Crippen LogP contribution in [-0.4, -0.2) is 27.1 Å². The van der Waals surface area contributed by atoms with E-state index in [1.54, 1.807) is 14.2 Å². The van der Waals surface area contributed by atoms with Crippen LogP contribution in [0.3, 0.4) is 0 Å². The number of hydrogen-bond acceptors (Lipinski definition) is 4. The van der Waals surface area contributed by atoms with Crippen LogP contribution in [0.15, 0.2) is 12.1 Å². The van der Waals surface area contributed by atoms with Gasteiger partial charge in [0.2, 0.25) is 0 Å². The van der Waals surface area contributed by atoms with Gasteiger partial charge in [0.15, 0.2) is 6.29 Å². The Labute approximate surface area is 108 Å². The van der Waals surface area contributed by atoms with E-state index in [1.807, 2.05) is 11.3 Å². The summed E-state index contributed by atoms with van der Waals surface area (Å²) in [6.45, 7) is 8.28. The van der Waals surface area contributed by atoms with Gasteiger partial charge < -0.3 is 14.8 Å². The van der Waals surface area contributed by atoms with E-state index in [4.69, 9.17) is 9.47 Å². The second-order valence-corrected chi connectivity index (χ2v) is 6.22. The van der Waals surface area contributed by atoms with Crippen LogP contribution in [-0.2, 0) is 21.4 Å². The van der Waals surface area contributed by atoms with Crippen LogP contribution in [0.2, 0.25) is 0 Å². The van der Waals surface area contributed by atoms with Crippen LogP contribution in [0.5, 0.6) is 0 Å². The molecular formula is C13H23NO2S. The molecule has 0 fully saturated rings. The van der Waals surface area contributed by atoms with Crippen LogP contribution in [0.4, 0.5) is 0 Å². The lowest BCUT2D eigenvalue weighted by Crippen LogP contribution is -2.29. The molecule has 0 bridgehead atoms. The summed E-state index contributed by atoms with van der Waals surface area (Å²) in [5.41, 5.74) is 0.241. The van der Waals surface area contributed by atoms with E-state index in [2.05, 4.69) is 38.2 Å². The molecule has 0 spiro atoms. The predicted molar refractivity (Wildman–Crippen MR) is 72.5 cm³/mol. The van der Waals surface area contributed by atoms with Gasteiger partial charge in [0.1, 0.15) is 0 Å². The van der Waals surface area contributed by atoms with E-state index < -0.39 is 0 Å². The lowest BCUT2D eigenvalue weighted by Gasteiger charge is -2.15. The van der Waals surface area contributed by atoms with E-state index >= 15 is 0 Å². The summed E-state index contributed by atoms with van der Waals surface area (Å²) in [4.78, 5) is 2.77. The third-order valence-corrected chi connectivity index (χ3v) is 4.05. The van der Waals surface area contributed by atoms with Gasteiger partial charge in [-0.1, -0.05) is 20.8 Å². The first kappa shape index (κ1) is 14.6. The van der Waals surface area contributed by atoms with Crippen molar-refractivity contribution in [3.8, 4) is 0 Å². The number of hydrogen-bond donors (Lipinski definition) is 1. The lowest BCUT2D eigenvalue weighted by atomic mass is 9.95. The molecule has 0 aliphatic heterocycles. The van der Waals surface area contributed by atoms with E-state index in [0.717, 1.165) is 6.54 Å². The zero-order valence-corrected chi connectivity index (χ0v) is 12.2. The van der Waals surface area contributed by atoms with Gasteiger partial charge in [-0.2, -0.15) is 0 Å². The molecule has 17 heavy (non-hydrogen) atoms. The summed E-state index contributed by atoms with van der Waals surface area (Å²) >= 11 is 1.86. The normalized spacial score (nSPS) is 12.4. The van der Waals surface area contributed by atoms with Crippen molar-refractivity contribution >= 4 is 11.3 Å².